The Morgan fingerprint density at radius 1 is 1.15 bits per heavy atom. The van der Waals surface area contributed by atoms with E-state index in [1.54, 1.807) is 24.4 Å². The van der Waals surface area contributed by atoms with Gasteiger partial charge in [-0.25, -0.2) is 4.98 Å². The SMILES string of the molecule is N#Cc1cccnc1N1CCC(CO)(Cc2ccccc2C(F)(F)F)CC1. The van der Waals surface area contributed by atoms with Crippen LogP contribution in [0.4, 0.5) is 19.0 Å². The largest absolute Gasteiger partial charge is 0.416 e. The molecular weight excluding hydrogens is 355 g/mol. The standard InChI is InChI=1S/C20H20F3N3O/c21-20(22,23)17-6-2-1-4-15(17)12-19(14-27)7-10-26(11-8-19)18-16(13-24)5-3-9-25-18/h1-6,9,27H,7-8,10-12,14H2. The topological polar surface area (TPSA) is 60.2 Å². The molecule has 0 bridgehead atoms. The van der Waals surface area contributed by atoms with Crippen molar-refractivity contribution < 1.29 is 18.3 Å². The number of aliphatic hydroxyl groups is 1. The Morgan fingerprint density at radius 3 is 2.48 bits per heavy atom. The van der Waals surface area contributed by atoms with Crippen molar-refractivity contribution in [2.24, 2.45) is 5.41 Å². The predicted octanol–water partition coefficient (Wildman–Crippen LogP) is 3.79. The quantitative estimate of drug-likeness (QED) is 0.883. The van der Waals surface area contributed by atoms with Crippen molar-refractivity contribution in [3.8, 4) is 6.07 Å². The highest BCUT2D eigenvalue weighted by Crippen LogP contribution is 2.40. The minimum Gasteiger partial charge on any atom is -0.396 e. The number of alkyl halides is 3. The second-order valence-electron chi connectivity index (χ2n) is 6.96. The van der Waals surface area contributed by atoms with Gasteiger partial charge in [0.25, 0.3) is 0 Å². The molecule has 1 aromatic carbocycles. The maximum Gasteiger partial charge on any atom is 0.416 e. The van der Waals surface area contributed by atoms with Gasteiger partial charge in [0.15, 0.2) is 0 Å². The van der Waals surface area contributed by atoms with Crippen LogP contribution in [0.1, 0.15) is 29.5 Å². The summed E-state index contributed by atoms with van der Waals surface area (Å²) < 4.78 is 39.9. The van der Waals surface area contributed by atoms with Crippen LogP contribution in [-0.4, -0.2) is 29.8 Å². The first-order valence-electron chi connectivity index (χ1n) is 8.75. The summed E-state index contributed by atoms with van der Waals surface area (Å²) in [5.74, 6) is 0.585. The van der Waals surface area contributed by atoms with Crippen molar-refractivity contribution in [3.05, 3.63) is 59.3 Å². The molecule has 1 aliphatic rings. The summed E-state index contributed by atoms with van der Waals surface area (Å²) in [6.45, 7) is 0.876. The van der Waals surface area contributed by atoms with Gasteiger partial charge in [-0.3, -0.25) is 0 Å². The van der Waals surface area contributed by atoms with Gasteiger partial charge >= 0.3 is 6.18 Å². The van der Waals surface area contributed by atoms with E-state index in [0.717, 1.165) is 6.07 Å². The summed E-state index contributed by atoms with van der Waals surface area (Å²) >= 11 is 0. The zero-order chi connectivity index (χ0) is 19.5. The minimum absolute atomic E-state index is 0.167. The van der Waals surface area contributed by atoms with E-state index in [1.807, 2.05) is 4.90 Å². The molecule has 142 valence electrons. The summed E-state index contributed by atoms with van der Waals surface area (Å²) in [4.78, 5) is 6.23. The average molecular weight is 375 g/mol. The molecule has 0 aliphatic carbocycles. The molecule has 4 nitrogen and oxygen atoms in total. The number of hydrogen-bond acceptors (Lipinski definition) is 4. The van der Waals surface area contributed by atoms with Gasteiger partial charge < -0.3 is 10.0 Å². The van der Waals surface area contributed by atoms with E-state index < -0.39 is 17.2 Å². The molecule has 1 N–H and O–H groups in total. The summed E-state index contributed by atoms with van der Waals surface area (Å²) in [5, 5.41) is 19.2. The molecule has 0 amide bonds. The molecule has 2 aromatic rings. The Balaban J connectivity index is 1.79. The highest BCUT2D eigenvalue weighted by Gasteiger charge is 2.39. The molecule has 1 fully saturated rings. The number of aromatic nitrogens is 1. The van der Waals surface area contributed by atoms with Crippen molar-refractivity contribution >= 4 is 5.82 Å². The van der Waals surface area contributed by atoms with Crippen LogP contribution in [-0.2, 0) is 12.6 Å². The van der Waals surface area contributed by atoms with Gasteiger partial charge in [0.2, 0.25) is 0 Å². The second kappa shape index (κ2) is 7.57. The van der Waals surface area contributed by atoms with Gasteiger partial charge in [0, 0.05) is 31.3 Å². The number of pyridine rings is 1. The van der Waals surface area contributed by atoms with E-state index >= 15 is 0 Å². The van der Waals surface area contributed by atoms with E-state index in [1.165, 1.54) is 12.1 Å². The third-order valence-electron chi connectivity index (χ3n) is 5.25. The van der Waals surface area contributed by atoms with Crippen LogP contribution in [0.25, 0.3) is 0 Å². The maximum atomic E-state index is 13.3. The highest BCUT2D eigenvalue weighted by molar-refractivity contribution is 5.53. The Labute approximate surface area is 155 Å². The molecule has 2 heterocycles. The molecule has 3 rings (SSSR count). The number of piperidine rings is 1. The number of nitriles is 1. The molecule has 0 unspecified atom stereocenters. The third kappa shape index (κ3) is 4.06. The van der Waals surface area contributed by atoms with E-state index in [0.29, 0.717) is 37.3 Å². The highest BCUT2D eigenvalue weighted by atomic mass is 19.4. The lowest BCUT2D eigenvalue weighted by Crippen LogP contribution is -2.44. The fourth-order valence-electron chi connectivity index (χ4n) is 3.67. The Morgan fingerprint density at radius 2 is 1.85 bits per heavy atom. The van der Waals surface area contributed by atoms with Crippen LogP contribution in [0.3, 0.4) is 0 Å². The fraction of sp³-hybridized carbons (Fsp3) is 0.400. The zero-order valence-electron chi connectivity index (χ0n) is 14.7. The number of hydrogen-bond donors (Lipinski definition) is 1. The number of nitrogens with zero attached hydrogens (tertiary/aromatic N) is 3. The molecule has 0 atom stereocenters. The predicted molar refractivity (Wildman–Crippen MR) is 95.1 cm³/mol. The average Bonchev–Trinajstić information content (AvgIpc) is 2.68. The number of aliphatic hydroxyl groups excluding tert-OH is 1. The first-order valence-corrected chi connectivity index (χ1v) is 8.75. The minimum atomic E-state index is -4.41. The van der Waals surface area contributed by atoms with Gasteiger partial charge in [-0.15, -0.1) is 0 Å². The summed E-state index contributed by atoms with van der Waals surface area (Å²) in [6.07, 6.45) is -1.58. The van der Waals surface area contributed by atoms with Crippen LogP contribution in [0, 0.1) is 16.7 Å². The van der Waals surface area contributed by atoms with E-state index in [9.17, 15) is 23.5 Å². The van der Waals surface area contributed by atoms with Crippen LogP contribution in [0.5, 0.6) is 0 Å². The monoisotopic (exact) mass is 375 g/mol. The van der Waals surface area contributed by atoms with E-state index in [2.05, 4.69) is 11.1 Å². The van der Waals surface area contributed by atoms with Gasteiger partial charge in [-0.1, -0.05) is 18.2 Å². The lowest BCUT2D eigenvalue weighted by Gasteiger charge is -2.42. The summed E-state index contributed by atoms with van der Waals surface area (Å²) in [6, 6.07) is 11.0. The maximum absolute atomic E-state index is 13.3. The first kappa shape index (κ1) is 19.2. The molecule has 0 radical (unpaired) electrons. The van der Waals surface area contributed by atoms with E-state index in [4.69, 9.17) is 0 Å². The van der Waals surface area contributed by atoms with E-state index in [-0.39, 0.29) is 18.6 Å². The Bertz CT molecular complexity index is 837. The molecule has 1 aliphatic heterocycles. The third-order valence-corrected chi connectivity index (χ3v) is 5.25. The molecule has 0 saturated carbocycles. The summed E-state index contributed by atoms with van der Waals surface area (Å²) in [7, 11) is 0. The number of halogens is 3. The zero-order valence-corrected chi connectivity index (χ0v) is 14.7. The smallest absolute Gasteiger partial charge is 0.396 e. The fourth-order valence-corrected chi connectivity index (χ4v) is 3.67. The lowest BCUT2D eigenvalue weighted by molar-refractivity contribution is -0.138. The second-order valence-corrected chi connectivity index (χ2v) is 6.96. The molecule has 7 heteroatoms. The molecule has 1 saturated heterocycles. The van der Waals surface area contributed by atoms with Crippen LogP contribution in [0.2, 0.25) is 0 Å². The van der Waals surface area contributed by atoms with Gasteiger partial charge in [-0.05, 0) is 43.0 Å². The van der Waals surface area contributed by atoms with Crippen molar-refractivity contribution in [1.82, 2.24) is 4.98 Å². The Kier molecular flexibility index (Phi) is 5.38. The van der Waals surface area contributed by atoms with Gasteiger partial charge in [0.05, 0.1) is 11.1 Å². The van der Waals surface area contributed by atoms with Crippen LogP contribution < -0.4 is 4.90 Å². The number of rotatable bonds is 4. The Hall–Kier alpha value is -2.59. The lowest BCUT2D eigenvalue weighted by atomic mass is 9.73. The van der Waals surface area contributed by atoms with Crippen molar-refractivity contribution in [3.63, 3.8) is 0 Å². The molecule has 0 spiro atoms. The molecule has 27 heavy (non-hydrogen) atoms. The molecule has 1 aromatic heterocycles. The molecular formula is C20H20F3N3O. The van der Waals surface area contributed by atoms with Crippen molar-refractivity contribution in [1.29, 1.82) is 5.26 Å². The summed E-state index contributed by atoms with van der Waals surface area (Å²) in [5.41, 5.74) is -0.574. The number of anilines is 1. The first-order chi connectivity index (χ1) is 12.9. The van der Waals surface area contributed by atoms with Crippen molar-refractivity contribution in [2.75, 3.05) is 24.6 Å². The van der Waals surface area contributed by atoms with Gasteiger partial charge in [0.1, 0.15) is 11.9 Å². The van der Waals surface area contributed by atoms with Crippen LogP contribution in [0.15, 0.2) is 42.6 Å². The van der Waals surface area contributed by atoms with Crippen molar-refractivity contribution in [2.45, 2.75) is 25.4 Å². The van der Waals surface area contributed by atoms with Crippen LogP contribution >= 0.6 is 0 Å². The number of benzene rings is 1. The normalized spacial score (nSPS) is 16.8. The van der Waals surface area contributed by atoms with Gasteiger partial charge in [-0.2, -0.15) is 18.4 Å².